The molecule has 0 heterocycles. The van der Waals surface area contributed by atoms with Crippen LogP contribution in [0.15, 0.2) is 36.9 Å². The van der Waals surface area contributed by atoms with Gasteiger partial charge in [0.05, 0.1) is 11.0 Å². The van der Waals surface area contributed by atoms with Crippen molar-refractivity contribution in [1.29, 1.82) is 0 Å². The van der Waals surface area contributed by atoms with Crippen LogP contribution in [0.25, 0.3) is 0 Å². The second kappa shape index (κ2) is 5.42. The van der Waals surface area contributed by atoms with Crippen molar-refractivity contribution < 1.29 is 10.0 Å². The maximum atomic E-state index is 10.5. The summed E-state index contributed by atoms with van der Waals surface area (Å²) in [5, 5.41) is 20.4. The molecule has 1 rings (SSSR count). The van der Waals surface area contributed by atoms with Gasteiger partial charge in [-0.3, -0.25) is 10.1 Å². The van der Waals surface area contributed by atoms with Crippen molar-refractivity contribution in [1.82, 2.24) is 0 Å². The molecule has 0 aliphatic rings. The Balaban J connectivity index is 2.88. The van der Waals surface area contributed by atoms with Crippen molar-refractivity contribution in [3.05, 3.63) is 52.6 Å². The number of benzene rings is 1. The van der Waals surface area contributed by atoms with Crippen molar-refractivity contribution >= 4 is 5.69 Å². The molecule has 4 nitrogen and oxygen atoms in total. The number of rotatable bonds is 5. The normalized spacial score (nSPS) is 14.1. The van der Waals surface area contributed by atoms with Gasteiger partial charge in [0.25, 0.3) is 5.69 Å². The van der Waals surface area contributed by atoms with Crippen molar-refractivity contribution in [3.8, 4) is 0 Å². The Morgan fingerprint density at radius 3 is 2.44 bits per heavy atom. The minimum atomic E-state index is -0.650. The van der Waals surface area contributed by atoms with Crippen LogP contribution in [-0.2, 0) is 0 Å². The number of hydrogen-bond acceptors (Lipinski definition) is 3. The molecule has 0 saturated carbocycles. The van der Waals surface area contributed by atoms with Gasteiger partial charge in [0.15, 0.2) is 0 Å². The van der Waals surface area contributed by atoms with Crippen LogP contribution in [0.3, 0.4) is 0 Å². The Morgan fingerprint density at radius 2 is 2.06 bits per heavy atom. The SMILES string of the molecule is C=C[C@H](CC)[C@H](O)c1ccc([N+](=O)[O-])cc1. The van der Waals surface area contributed by atoms with E-state index in [-0.39, 0.29) is 11.6 Å². The fourth-order valence-corrected chi connectivity index (χ4v) is 1.56. The van der Waals surface area contributed by atoms with Crippen LogP contribution in [-0.4, -0.2) is 10.0 Å². The Labute approximate surface area is 94.4 Å². The molecule has 0 fully saturated rings. The molecular weight excluding hydrogens is 206 g/mol. The second-order valence-electron chi connectivity index (χ2n) is 3.60. The van der Waals surface area contributed by atoms with Gasteiger partial charge >= 0.3 is 0 Å². The van der Waals surface area contributed by atoms with E-state index < -0.39 is 11.0 Å². The molecule has 1 N–H and O–H groups in total. The third kappa shape index (κ3) is 2.67. The third-order valence-electron chi connectivity index (χ3n) is 2.63. The molecular formula is C12H15NO3. The minimum absolute atomic E-state index is 0.0264. The fraction of sp³-hybridized carbons (Fsp3) is 0.333. The van der Waals surface area contributed by atoms with Crippen LogP contribution in [0.5, 0.6) is 0 Å². The molecule has 0 aliphatic carbocycles. The summed E-state index contributed by atoms with van der Waals surface area (Å²) in [4.78, 5) is 10.00. The lowest BCUT2D eigenvalue weighted by atomic mass is 9.93. The quantitative estimate of drug-likeness (QED) is 0.472. The van der Waals surface area contributed by atoms with E-state index in [2.05, 4.69) is 6.58 Å². The number of aliphatic hydroxyl groups excluding tert-OH is 1. The molecule has 1 aromatic carbocycles. The zero-order valence-corrected chi connectivity index (χ0v) is 9.17. The van der Waals surface area contributed by atoms with Crippen LogP contribution in [0.2, 0.25) is 0 Å². The summed E-state index contributed by atoms with van der Waals surface area (Å²) < 4.78 is 0. The summed E-state index contributed by atoms with van der Waals surface area (Å²) in [7, 11) is 0. The predicted molar refractivity (Wildman–Crippen MR) is 62.0 cm³/mol. The second-order valence-corrected chi connectivity index (χ2v) is 3.60. The van der Waals surface area contributed by atoms with Gasteiger partial charge in [0.2, 0.25) is 0 Å². The zero-order valence-electron chi connectivity index (χ0n) is 9.17. The first kappa shape index (κ1) is 12.4. The van der Waals surface area contributed by atoms with Crippen molar-refractivity contribution in [2.24, 2.45) is 5.92 Å². The molecule has 0 aromatic heterocycles. The van der Waals surface area contributed by atoms with E-state index >= 15 is 0 Å². The smallest absolute Gasteiger partial charge is 0.269 e. The molecule has 0 unspecified atom stereocenters. The highest BCUT2D eigenvalue weighted by atomic mass is 16.6. The Kier molecular flexibility index (Phi) is 4.19. The molecule has 2 atom stereocenters. The molecule has 0 saturated heterocycles. The Morgan fingerprint density at radius 1 is 1.50 bits per heavy atom. The highest BCUT2D eigenvalue weighted by Crippen LogP contribution is 2.26. The summed E-state index contributed by atoms with van der Waals surface area (Å²) in [6.45, 7) is 5.62. The highest BCUT2D eigenvalue weighted by Gasteiger charge is 2.16. The van der Waals surface area contributed by atoms with Crippen LogP contribution in [0, 0.1) is 16.0 Å². The van der Waals surface area contributed by atoms with Gasteiger partial charge in [-0.25, -0.2) is 0 Å². The number of hydrogen-bond donors (Lipinski definition) is 1. The molecule has 4 heteroatoms. The van der Waals surface area contributed by atoms with Gasteiger partial charge < -0.3 is 5.11 Å². The van der Waals surface area contributed by atoms with Crippen molar-refractivity contribution in [2.75, 3.05) is 0 Å². The summed E-state index contributed by atoms with van der Waals surface area (Å²) in [6, 6.07) is 5.95. The van der Waals surface area contributed by atoms with E-state index in [0.29, 0.717) is 5.56 Å². The first-order valence-electron chi connectivity index (χ1n) is 5.15. The third-order valence-corrected chi connectivity index (χ3v) is 2.63. The lowest BCUT2D eigenvalue weighted by Crippen LogP contribution is -2.09. The summed E-state index contributed by atoms with van der Waals surface area (Å²) in [6.07, 6.45) is 1.83. The average Bonchev–Trinajstić information content (AvgIpc) is 2.30. The van der Waals surface area contributed by atoms with E-state index in [4.69, 9.17) is 0 Å². The standard InChI is InChI=1S/C12H15NO3/c1-3-9(4-2)12(14)10-5-7-11(8-6-10)13(15)16/h3,5-9,12,14H,1,4H2,2H3/t9-,12+/m1/s1. The molecule has 0 amide bonds. The first-order valence-corrected chi connectivity index (χ1v) is 5.15. The summed E-state index contributed by atoms with van der Waals surface area (Å²) in [5.74, 6) is -0.0264. The van der Waals surface area contributed by atoms with Crippen LogP contribution in [0.1, 0.15) is 25.0 Å². The van der Waals surface area contributed by atoms with Gasteiger partial charge in [0.1, 0.15) is 0 Å². The molecule has 1 aromatic rings. The molecule has 0 radical (unpaired) electrons. The van der Waals surface area contributed by atoms with E-state index in [9.17, 15) is 15.2 Å². The van der Waals surface area contributed by atoms with E-state index in [0.717, 1.165) is 6.42 Å². The molecule has 16 heavy (non-hydrogen) atoms. The van der Waals surface area contributed by atoms with E-state index in [1.54, 1.807) is 18.2 Å². The van der Waals surface area contributed by atoms with Gasteiger partial charge in [0, 0.05) is 18.1 Å². The minimum Gasteiger partial charge on any atom is -0.388 e. The average molecular weight is 221 g/mol. The van der Waals surface area contributed by atoms with Crippen LogP contribution in [0.4, 0.5) is 5.69 Å². The van der Waals surface area contributed by atoms with E-state index in [1.165, 1.54) is 12.1 Å². The lowest BCUT2D eigenvalue weighted by Gasteiger charge is -2.17. The number of nitro benzene ring substituents is 1. The Bertz CT molecular complexity index is 372. The molecule has 0 aliphatic heterocycles. The fourth-order valence-electron chi connectivity index (χ4n) is 1.56. The maximum Gasteiger partial charge on any atom is 0.269 e. The number of aliphatic hydroxyl groups is 1. The topological polar surface area (TPSA) is 63.4 Å². The zero-order chi connectivity index (χ0) is 12.1. The molecule has 86 valence electrons. The highest BCUT2D eigenvalue weighted by molar-refractivity contribution is 5.34. The van der Waals surface area contributed by atoms with Gasteiger partial charge in [-0.05, 0) is 24.1 Å². The molecule has 0 spiro atoms. The monoisotopic (exact) mass is 221 g/mol. The largest absolute Gasteiger partial charge is 0.388 e. The van der Waals surface area contributed by atoms with Gasteiger partial charge in [-0.2, -0.15) is 0 Å². The number of non-ortho nitro benzene ring substituents is 1. The lowest BCUT2D eigenvalue weighted by molar-refractivity contribution is -0.384. The summed E-state index contributed by atoms with van der Waals surface area (Å²) in [5.41, 5.74) is 0.708. The number of nitrogens with zero attached hydrogens (tertiary/aromatic N) is 1. The molecule has 0 bridgehead atoms. The summed E-state index contributed by atoms with van der Waals surface area (Å²) >= 11 is 0. The Hall–Kier alpha value is -1.68. The maximum absolute atomic E-state index is 10.5. The first-order chi connectivity index (χ1) is 7.60. The van der Waals surface area contributed by atoms with Crippen LogP contribution < -0.4 is 0 Å². The van der Waals surface area contributed by atoms with Gasteiger partial charge in [-0.1, -0.05) is 13.0 Å². The van der Waals surface area contributed by atoms with Gasteiger partial charge in [-0.15, -0.1) is 6.58 Å². The number of nitro groups is 1. The van der Waals surface area contributed by atoms with Crippen molar-refractivity contribution in [2.45, 2.75) is 19.4 Å². The van der Waals surface area contributed by atoms with Crippen LogP contribution >= 0.6 is 0 Å². The predicted octanol–water partition coefficient (Wildman–Crippen LogP) is 2.84. The van der Waals surface area contributed by atoms with Crippen molar-refractivity contribution in [3.63, 3.8) is 0 Å². The van der Waals surface area contributed by atoms with E-state index in [1.807, 2.05) is 6.92 Å².